The van der Waals surface area contributed by atoms with Crippen LogP contribution < -0.4 is 15.4 Å². The zero-order valence-corrected chi connectivity index (χ0v) is 27.1. The lowest BCUT2D eigenvalue weighted by Gasteiger charge is -2.38. The molecule has 0 aromatic heterocycles. The third-order valence-electron chi connectivity index (χ3n) is 9.38. The average molecular weight is 654 g/mol. The van der Waals surface area contributed by atoms with Crippen LogP contribution in [-0.2, 0) is 36.9 Å². The fraction of sp³-hybridized carbons (Fsp3) is 0.529. The number of ether oxygens (including phenoxy) is 2. The monoisotopic (exact) mass is 653 g/mol. The van der Waals surface area contributed by atoms with Gasteiger partial charge >= 0.3 is 0 Å². The minimum atomic E-state index is -1.12. The predicted octanol–water partition coefficient (Wildman–Crippen LogP) is 0.850. The Morgan fingerprint density at radius 2 is 1.79 bits per heavy atom. The number of fused-ring (bicyclic) bond motifs is 3. The molecule has 12 nitrogen and oxygen atoms in total. The smallest absolute Gasteiger partial charge is 0.245 e. The van der Waals surface area contributed by atoms with Crippen LogP contribution in [-0.4, -0.2) is 120 Å². The van der Waals surface area contributed by atoms with Crippen LogP contribution in [0.5, 0.6) is 5.75 Å². The van der Waals surface area contributed by atoms with Gasteiger partial charge in [-0.05, 0) is 49.4 Å². The highest BCUT2D eigenvalue weighted by molar-refractivity contribution is 5.94. The molecule has 0 saturated carbocycles. The molecule has 47 heavy (non-hydrogen) atoms. The second-order valence-electron chi connectivity index (χ2n) is 12.6. The van der Waals surface area contributed by atoms with Crippen molar-refractivity contribution in [1.29, 1.82) is 0 Å². The lowest BCUT2D eigenvalue weighted by atomic mass is 9.97. The molecule has 254 valence electrons. The molecule has 3 aliphatic rings. The molecule has 2 aromatic carbocycles. The molecule has 2 aromatic rings. The molecule has 3 heterocycles. The number of nitrogens with zero attached hydrogens (tertiary/aromatic N) is 3. The Hall–Kier alpha value is -4.07. The van der Waals surface area contributed by atoms with Gasteiger partial charge in [-0.15, -0.1) is 0 Å². The Balaban J connectivity index is 1.47. The quantitative estimate of drug-likeness (QED) is 0.432. The molecule has 3 aliphatic heterocycles. The first-order chi connectivity index (χ1) is 22.5. The second-order valence-corrected chi connectivity index (χ2v) is 12.6. The van der Waals surface area contributed by atoms with Crippen molar-refractivity contribution in [3.63, 3.8) is 0 Å². The summed E-state index contributed by atoms with van der Waals surface area (Å²) in [5.74, 6) is -2.09. The van der Waals surface area contributed by atoms with Gasteiger partial charge in [-0.3, -0.25) is 24.1 Å². The highest BCUT2D eigenvalue weighted by Crippen LogP contribution is 2.24. The zero-order chi connectivity index (χ0) is 33.7. The van der Waals surface area contributed by atoms with Gasteiger partial charge in [0.25, 0.3) is 0 Å². The normalized spacial score (nSPS) is 28.4. The van der Waals surface area contributed by atoms with Gasteiger partial charge in [0.2, 0.25) is 23.6 Å². The van der Waals surface area contributed by atoms with Crippen molar-refractivity contribution in [1.82, 2.24) is 25.3 Å². The number of rotatable bonds is 5. The van der Waals surface area contributed by atoms with E-state index in [4.69, 9.17) is 9.47 Å². The molecule has 2 bridgehead atoms. The fourth-order valence-electron chi connectivity index (χ4n) is 6.53. The summed E-state index contributed by atoms with van der Waals surface area (Å²) in [5, 5.41) is 17.2. The SMILES string of the molecule is COc1cc(CN2CC(=O)N3CCC[C@H]3C(=O)N(C)[C@@H](C)C(=O)N[C@@H](Cc3ccccc3)C(=O)N[C@H]3CCO[C@H](C2)[C@H]3O)ccc1F. The number of aliphatic hydroxyl groups excluding tert-OH is 1. The van der Waals surface area contributed by atoms with Crippen molar-refractivity contribution in [2.45, 2.75) is 75.5 Å². The molecule has 0 aliphatic carbocycles. The molecule has 0 radical (unpaired) electrons. The largest absolute Gasteiger partial charge is 0.494 e. The minimum Gasteiger partial charge on any atom is -0.494 e. The van der Waals surface area contributed by atoms with E-state index in [1.54, 1.807) is 28.9 Å². The van der Waals surface area contributed by atoms with E-state index in [0.717, 1.165) is 5.56 Å². The summed E-state index contributed by atoms with van der Waals surface area (Å²) in [6.07, 6.45) is -0.286. The fourth-order valence-corrected chi connectivity index (χ4v) is 6.53. The molecule has 0 unspecified atom stereocenters. The summed E-state index contributed by atoms with van der Waals surface area (Å²) in [7, 11) is 2.90. The Bertz CT molecular complexity index is 1450. The Morgan fingerprint density at radius 3 is 2.53 bits per heavy atom. The van der Waals surface area contributed by atoms with Crippen molar-refractivity contribution >= 4 is 23.6 Å². The van der Waals surface area contributed by atoms with Gasteiger partial charge in [0, 0.05) is 39.7 Å². The molecule has 5 rings (SSSR count). The number of aliphatic hydroxyl groups is 1. The third-order valence-corrected chi connectivity index (χ3v) is 9.38. The molecule has 4 amide bonds. The molecular formula is C34H44FN5O7. The van der Waals surface area contributed by atoms with E-state index >= 15 is 0 Å². The van der Waals surface area contributed by atoms with Gasteiger partial charge in [-0.25, -0.2) is 4.39 Å². The van der Waals surface area contributed by atoms with Crippen molar-refractivity contribution in [2.24, 2.45) is 0 Å². The summed E-state index contributed by atoms with van der Waals surface area (Å²) >= 11 is 0. The number of carbonyl (C=O) groups excluding carboxylic acids is 4. The molecule has 13 heteroatoms. The van der Waals surface area contributed by atoms with Gasteiger partial charge in [0.15, 0.2) is 11.6 Å². The maximum absolute atomic E-state index is 14.2. The van der Waals surface area contributed by atoms with Crippen LogP contribution in [0, 0.1) is 5.82 Å². The molecule has 3 fully saturated rings. The maximum Gasteiger partial charge on any atom is 0.245 e. The minimum absolute atomic E-state index is 0.0617. The van der Waals surface area contributed by atoms with Gasteiger partial charge in [-0.2, -0.15) is 0 Å². The number of nitrogens with one attached hydrogen (secondary N) is 2. The number of amides is 4. The summed E-state index contributed by atoms with van der Waals surface area (Å²) in [6, 6.07) is 10.4. The molecule has 3 saturated heterocycles. The van der Waals surface area contributed by atoms with E-state index < -0.39 is 54.0 Å². The van der Waals surface area contributed by atoms with E-state index in [9.17, 15) is 28.7 Å². The summed E-state index contributed by atoms with van der Waals surface area (Å²) < 4.78 is 25.3. The molecule has 6 atom stereocenters. The first-order valence-electron chi connectivity index (χ1n) is 16.1. The lowest BCUT2D eigenvalue weighted by Crippen LogP contribution is -2.60. The maximum atomic E-state index is 14.2. The number of halogens is 1. The Morgan fingerprint density at radius 1 is 1.02 bits per heavy atom. The van der Waals surface area contributed by atoms with Crippen LogP contribution in [0.3, 0.4) is 0 Å². The van der Waals surface area contributed by atoms with Crippen LogP contribution in [0.15, 0.2) is 48.5 Å². The van der Waals surface area contributed by atoms with Gasteiger partial charge in [0.05, 0.1) is 25.8 Å². The number of benzene rings is 2. The predicted molar refractivity (Wildman–Crippen MR) is 170 cm³/mol. The zero-order valence-electron chi connectivity index (χ0n) is 27.1. The van der Waals surface area contributed by atoms with E-state index in [1.807, 2.05) is 30.3 Å². The molecular weight excluding hydrogens is 609 g/mol. The van der Waals surface area contributed by atoms with E-state index in [-0.39, 0.29) is 50.2 Å². The van der Waals surface area contributed by atoms with Gasteiger partial charge in [-0.1, -0.05) is 36.4 Å². The van der Waals surface area contributed by atoms with Crippen LogP contribution >= 0.6 is 0 Å². The van der Waals surface area contributed by atoms with Gasteiger partial charge < -0.3 is 35.0 Å². The number of methoxy groups -OCH3 is 1. The van der Waals surface area contributed by atoms with Crippen LogP contribution in [0.2, 0.25) is 0 Å². The summed E-state index contributed by atoms with van der Waals surface area (Å²) in [4.78, 5) is 59.5. The number of likely N-dealkylation sites (N-methyl/N-ethyl adjacent to an activating group) is 1. The first kappa shape index (κ1) is 34.3. The van der Waals surface area contributed by atoms with Crippen LogP contribution in [0.25, 0.3) is 0 Å². The average Bonchev–Trinajstić information content (AvgIpc) is 3.56. The highest BCUT2D eigenvalue weighted by atomic mass is 19.1. The molecule has 3 N–H and O–H groups in total. The van der Waals surface area contributed by atoms with Crippen molar-refractivity contribution in [3.05, 3.63) is 65.5 Å². The Kier molecular flexibility index (Phi) is 11.1. The summed E-state index contributed by atoms with van der Waals surface area (Å²) in [5.41, 5.74) is 1.50. The summed E-state index contributed by atoms with van der Waals surface area (Å²) in [6.45, 7) is 2.43. The number of carbonyl (C=O) groups is 4. The van der Waals surface area contributed by atoms with Crippen LogP contribution in [0.1, 0.15) is 37.3 Å². The first-order valence-corrected chi connectivity index (χ1v) is 16.1. The Labute approximate surface area is 274 Å². The van der Waals surface area contributed by atoms with Crippen molar-refractivity contribution < 1.29 is 38.1 Å². The van der Waals surface area contributed by atoms with E-state index in [2.05, 4.69) is 10.6 Å². The third kappa shape index (κ3) is 8.09. The van der Waals surface area contributed by atoms with Crippen LogP contribution in [0.4, 0.5) is 4.39 Å². The lowest BCUT2D eigenvalue weighted by molar-refractivity contribution is -0.147. The second kappa shape index (κ2) is 15.2. The van der Waals surface area contributed by atoms with Crippen molar-refractivity contribution in [2.75, 3.05) is 40.4 Å². The molecule has 0 spiro atoms. The van der Waals surface area contributed by atoms with E-state index in [1.165, 1.54) is 25.1 Å². The van der Waals surface area contributed by atoms with E-state index in [0.29, 0.717) is 31.4 Å². The number of hydrogen-bond donors (Lipinski definition) is 3. The number of hydrogen-bond acceptors (Lipinski definition) is 8. The standard InChI is InChI=1S/C34H44FN5O7/c1-21-32(43)37-26(16-22-8-5-4-6-9-22)33(44)36-25-13-15-47-29(31(25)42)19-39(18-23-11-12-24(35)28(17-23)46-3)20-30(41)40-14-7-10-27(40)34(45)38(21)2/h4-6,8-9,11-12,17,21,25-27,29,31,42H,7,10,13-16,18-20H2,1-3H3,(H,36,44)(H,37,43)/t21-,25-,26-,27-,29+,31-/m0/s1. The highest BCUT2D eigenvalue weighted by Gasteiger charge is 2.41. The topological polar surface area (TPSA) is 141 Å². The van der Waals surface area contributed by atoms with Gasteiger partial charge in [0.1, 0.15) is 24.2 Å². The van der Waals surface area contributed by atoms with Crippen molar-refractivity contribution in [3.8, 4) is 5.75 Å².